The first kappa shape index (κ1) is 22.5. The van der Waals surface area contributed by atoms with Crippen LogP contribution in [0.5, 0.6) is 0 Å². The summed E-state index contributed by atoms with van der Waals surface area (Å²) in [7, 11) is 3.95. The highest BCUT2D eigenvalue weighted by Crippen LogP contribution is 2.13. The Kier molecular flexibility index (Phi) is 9.76. The summed E-state index contributed by atoms with van der Waals surface area (Å²) in [6.07, 6.45) is 5.28. The fourth-order valence-corrected chi connectivity index (χ4v) is 3.04. The van der Waals surface area contributed by atoms with Gasteiger partial charge in [0.25, 0.3) is 0 Å². The molecule has 0 aromatic rings. The van der Waals surface area contributed by atoms with Crippen LogP contribution in [0.2, 0.25) is 0 Å². The van der Waals surface area contributed by atoms with Crippen molar-refractivity contribution in [3.8, 4) is 0 Å². The Morgan fingerprint density at radius 3 is 2.62 bits per heavy atom. The van der Waals surface area contributed by atoms with Crippen LogP contribution in [0.1, 0.15) is 59.8 Å². The molecule has 7 nitrogen and oxygen atoms in total. The standard InChI is InChI=1S/C19H39N5O2/c1-7-8-10-15(13-22-18(25)26-19(2,3)4)23-17(20-5)21-14-16-11-9-12-24(16)6/h15-16H,7-14H2,1-6H3,(H,22,25)(H2,20,21,23). The van der Waals surface area contributed by atoms with Crippen LogP contribution in [-0.4, -0.2) is 68.4 Å². The summed E-state index contributed by atoms with van der Waals surface area (Å²) < 4.78 is 5.32. The van der Waals surface area contributed by atoms with E-state index in [0.29, 0.717) is 12.6 Å². The molecule has 1 heterocycles. The summed E-state index contributed by atoms with van der Waals surface area (Å²) in [5, 5.41) is 9.74. The third-order valence-electron chi connectivity index (χ3n) is 4.54. The number of nitrogens with one attached hydrogen (secondary N) is 3. The molecule has 1 saturated heterocycles. The molecule has 2 unspecified atom stereocenters. The molecule has 2 atom stereocenters. The van der Waals surface area contributed by atoms with E-state index >= 15 is 0 Å². The molecule has 1 amide bonds. The van der Waals surface area contributed by atoms with Gasteiger partial charge in [-0.25, -0.2) is 4.79 Å². The smallest absolute Gasteiger partial charge is 0.407 e. The van der Waals surface area contributed by atoms with Gasteiger partial charge in [-0.2, -0.15) is 0 Å². The van der Waals surface area contributed by atoms with E-state index < -0.39 is 5.60 Å². The quantitative estimate of drug-likeness (QED) is 0.452. The Bertz CT molecular complexity index is 448. The van der Waals surface area contributed by atoms with E-state index in [0.717, 1.165) is 38.3 Å². The minimum absolute atomic E-state index is 0.120. The van der Waals surface area contributed by atoms with E-state index in [4.69, 9.17) is 4.74 Å². The van der Waals surface area contributed by atoms with Crippen molar-refractivity contribution in [3.05, 3.63) is 0 Å². The highest BCUT2D eigenvalue weighted by molar-refractivity contribution is 5.80. The molecule has 1 aliphatic heterocycles. The summed E-state index contributed by atoms with van der Waals surface area (Å²) in [6, 6.07) is 0.678. The number of guanidine groups is 1. The van der Waals surface area contributed by atoms with Gasteiger partial charge in [0.2, 0.25) is 0 Å². The maximum absolute atomic E-state index is 11.9. The number of alkyl carbamates (subject to hydrolysis) is 1. The molecule has 3 N–H and O–H groups in total. The number of unbranched alkanes of at least 4 members (excludes halogenated alkanes) is 1. The van der Waals surface area contributed by atoms with Crippen LogP contribution in [0, 0.1) is 0 Å². The first-order valence-corrected chi connectivity index (χ1v) is 9.89. The number of carbonyl (C=O) groups is 1. The molecule has 1 aliphatic rings. The van der Waals surface area contributed by atoms with Crippen molar-refractivity contribution < 1.29 is 9.53 Å². The van der Waals surface area contributed by atoms with Gasteiger partial charge < -0.3 is 25.6 Å². The van der Waals surface area contributed by atoms with Crippen LogP contribution in [0.4, 0.5) is 4.79 Å². The lowest BCUT2D eigenvalue weighted by Gasteiger charge is -2.25. The van der Waals surface area contributed by atoms with E-state index in [1.807, 2.05) is 20.8 Å². The molecular formula is C19H39N5O2. The van der Waals surface area contributed by atoms with Crippen molar-refractivity contribution in [1.82, 2.24) is 20.9 Å². The lowest BCUT2D eigenvalue weighted by molar-refractivity contribution is 0.0523. The van der Waals surface area contributed by atoms with Crippen LogP contribution in [0.25, 0.3) is 0 Å². The fourth-order valence-electron chi connectivity index (χ4n) is 3.04. The first-order chi connectivity index (χ1) is 12.2. The number of carbonyl (C=O) groups excluding carboxylic acids is 1. The predicted molar refractivity (Wildman–Crippen MR) is 108 cm³/mol. The van der Waals surface area contributed by atoms with Crippen LogP contribution < -0.4 is 16.0 Å². The molecule has 1 fully saturated rings. The molecule has 0 radical (unpaired) electrons. The monoisotopic (exact) mass is 369 g/mol. The van der Waals surface area contributed by atoms with Crippen LogP contribution in [0.15, 0.2) is 4.99 Å². The normalized spacial score (nSPS) is 19.9. The van der Waals surface area contributed by atoms with Gasteiger partial charge in [0.1, 0.15) is 5.60 Å². The molecule has 0 aliphatic carbocycles. The molecular weight excluding hydrogens is 330 g/mol. The van der Waals surface area contributed by atoms with E-state index in [9.17, 15) is 4.79 Å². The third-order valence-corrected chi connectivity index (χ3v) is 4.54. The predicted octanol–water partition coefficient (Wildman–Crippen LogP) is 2.33. The molecule has 0 spiro atoms. The fraction of sp³-hybridized carbons (Fsp3) is 0.895. The van der Waals surface area contributed by atoms with Gasteiger partial charge >= 0.3 is 6.09 Å². The van der Waals surface area contributed by atoms with E-state index in [-0.39, 0.29) is 12.1 Å². The Morgan fingerprint density at radius 2 is 2.08 bits per heavy atom. The Hall–Kier alpha value is -1.50. The van der Waals surface area contributed by atoms with Gasteiger partial charge in [0.15, 0.2) is 5.96 Å². The average molecular weight is 370 g/mol. The zero-order chi connectivity index (χ0) is 19.6. The van der Waals surface area contributed by atoms with Gasteiger partial charge in [0.05, 0.1) is 0 Å². The minimum Gasteiger partial charge on any atom is -0.444 e. The number of ether oxygens (including phenoxy) is 1. The number of hydrogen-bond donors (Lipinski definition) is 3. The molecule has 0 aromatic heterocycles. The SMILES string of the molecule is CCCCC(CNC(=O)OC(C)(C)C)NC(=NC)NCC1CCCN1C. The Labute approximate surface area is 159 Å². The Morgan fingerprint density at radius 1 is 1.35 bits per heavy atom. The molecule has 0 bridgehead atoms. The van der Waals surface area contributed by atoms with Crippen molar-refractivity contribution in [2.45, 2.75) is 77.5 Å². The van der Waals surface area contributed by atoms with Gasteiger partial charge in [-0.1, -0.05) is 19.8 Å². The lowest BCUT2D eigenvalue weighted by Crippen LogP contribution is -2.50. The number of aliphatic imine (C=N–C) groups is 1. The second-order valence-electron chi connectivity index (χ2n) is 8.10. The van der Waals surface area contributed by atoms with E-state index in [1.54, 1.807) is 7.05 Å². The molecule has 1 rings (SSSR count). The number of nitrogens with zero attached hydrogens (tertiary/aromatic N) is 2. The summed E-state index contributed by atoms with van der Waals surface area (Å²) in [5.74, 6) is 0.789. The van der Waals surface area contributed by atoms with Crippen molar-refractivity contribution in [2.75, 3.05) is 33.7 Å². The van der Waals surface area contributed by atoms with Gasteiger partial charge in [0, 0.05) is 32.2 Å². The van der Waals surface area contributed by atoms with Gasteiger partial charge in [-0.05, 0) is 53.6 Å². The lowest BCUT2D eigenvalue weighted by atomic mass is 10.1. The van der Waals surface area contributed by atoms with E-state index in [2.05, 4.69) is 39.8 Å². The zero-order valence-corrected chi connectivity index (χ0v) is 17.5. The van der Waals surface area contributed by atoms with Crippen LogP contribution >= 0.6 is 0 Å². The number of amides is 1. The molecule has 152 valence electrons. The zero-order valence-electron chi connectivity index (χ0n) is 17.5. The van der Waals surface area contributed by atoms with Crippen molar-refractivity contribution in [1.29, 1.82) is 0 Å². The third kappa shape index (κ3) is 9.27. The summed E-state index contributed by atoms with van der Waals surface area (Å²) in [4.78, 5) is 18.6. The van der Waals surface area contributed by atoms with Gasteiger partial charge in [-0.15, -0.1) is 0 Å². The summed E-state index contributed by atoms with van der Waals surface area (Å²) in [6.45, 7) is 10.3. The number of rotatable bonds is 8. The maximum atomic E-state index is 11.9. The van der Waals surface area contributed by atoms with Crippen LogP contribution in [-0.2, 0) is 4.74 Å². The summed E-state index contributed by atoms with van der Waals surface area (Å²) in [5.41, 5.74) is -0.485. The van der Waals surface area contributed by atoms with E-state index in [1.165, 1.54) is 12.8 Å². The van der Waals surface area contributed by atoms with Crippen LogP contribution in [0.3, 0.4) is 0 Å². The largest absolute Gasteiger partial charge is 0.444 e. The second kappa shape index (κ2) is 11.3. The first-order valence-electron chi connectivity index (χ1n) is 9.89. The Balaban J connectivity index is 2.48. The minimum atomic E-state index is -0.485. The van der Waals surface area contributed by atoms with Crippen molar-refractivity contribution in [2.24, 2.45) is 4.99 Å². The van der Waals surface area contributed by atoms with Crippen molar-refractivity contribution in [3.63, 3.8) is 0 Å². The summed E-state index contributed by atoms with van der Waals surface area (Å²) >= 11 is 0. The molecule has 26 heavy (non-hydrogen) atoms. The molecule has 7 heteroatoms. The van der Waals surface area contributed by atoms with Gasteiger partial charge in [-0.3, -0.25) is 4.99 Å². The topological polar surface area (TPSA) is 78.0 Å². The maximum Gasteiger partial charge on any atom is 0.407 e. The molecule has 0 aromatic carbocycles. The highest BCUT2D eigenvalue weighted by atomic mass is 16.6. The average Bonchev–Trinajstić information content (AvgIpc) is 2.96. The van der Waals surface area contributed by atoms with Crippen molar-refractivity contribution >= 4 is 12.1 Å². The second-order valence-corrected chi connectivity index (χ2v) is 8.10. The number of hydrogen-bond acceptors (Lipinski definition) is 4. The highest BCUT2D eigenvalue weighted by Gasteiger charge is 2.21. The molecule has 0 saturated carbocycles. The number of likely N-dealkylation sites (N-methyl/N-ethyl adjacent to an activating group) is 1. The number of likely N-dealkylation sites (tertiary alicyclic amines) is 1.